The summed E-state index contributed by atoms with van der Waals surface area (Å²) in [5.74, 6) is 0.993. The highest BCUT2D eigenvalue weighted by molar-refractivity contribution is 9.10. The maximum Gasteiger partial charge on any atom is 0.312 e. The number of aromatic nitrogens is 1. The van der Waals surface area contributed by atoms with Gasteiger partial charge in [0.1, 0.15) is 0 Å². The van der Waals surface area contributed by atoms with Crippen LogP contribution in [0.4, 0.5) is 11.5 Å². The lowest BCUT2D eigenvalue weighted by atomic mass is 10.0. The Kier molecular flexibility index (Phi) is 6.21. The minimum Gasteiger partial charge on any atom is -0.351 e. The zero-order chi connectivity index (χ0) is 14.4. The molecule has 19 heavy (non-hydrogen) atoms. The lowest BCUT2D eigenvalue weighted by Crippen LogP contribution is -2.30. The van der Waals surface area contributed by atoms with Crippen LogP contribution < -0.4 is 4.90 Å². The molecule has 106 valence electrons. The molecule has 0 radical (unpaired) electrons. The van der Waals surface area contributed by atoms with E-state index in [9.17, 15) is 10.1 Å². The van der Waals surface area contributed by atoms with E-state index in [2.05, 4.69) is 34.8 Å². The first-order valence-corrected chi connectivity index (χ1v) is 7.37. The van der Waals surface area contributed by atoms with Gasteiger partial charge in [-0.05, 0) is 28.8 Å². The number of hydrogen-bond donors (Lipinski definition) is 0. The summed E-state index contributed by atoms with van der Waals surface area (Å²) < 4.78 is 0.626. The number of pyridine rings is 1. The van der Waals surface area contributed by atoms with Gasteiger partial charge in [-0.2, -0.15) is 0 Å². The molecule has 0 saturated carbocycles. The molecule has 0 fully saturated rings. The van der Waals surface area contributed by atoms with E-state index in [-0.39, 0.29) is 10.6 Å². The van der Waals surface area contributed by atoms with Gasteiger partial charge in [0, 0.05) is 29.8 Å². The number of nitro groups is 1. The number of halogens is 1. The van der Waals surface area contributed by atoms with Crippen molar-refractivity contribution in [3.63, 3.8) is 0 Å². The third-order valence-corrected chi connectivity index (χ3v) is 3.76. The third kappa shape index (κ3) is 4.16. The standard InChI is InChI=1S/C13H20BrN3O2/c1-4-10(5-2)9-16(6-3)13-12(17(18)19)7-11(14)8-15-13/h7-8,10H,4-6,9H2,1-3H3. The predicted molar refractivity (Wildman–Crippen MR) is 80.6 cm³/mol. The molecule has 0 bridgehead atoms. The molecule has 1 rings (SSSR count). The Morgan fingerprint density at radius 2 is 2.05 bits per heavy atom. The highest BCUT2D eigenvalue weighted by Crippen LogP contribution is 2.29. The molecule has 6 heteroatoms. The monoisotopic (exact) mass is 329 g/mol. The Bertz CT molecular complexity index is 436. The number of hydrogen-bond acceptors (Lipinski definition) is 4. The summed E-state index contributed by atoms with van der Waals surface area (Å²) in [6.07, 6.45) is 3.74. The highest BCUT2D eigenvalue weighted by atomic mass is 79.9. The third-order valence-electron chi connectivity index (χ3n) is 3.33. The van der Waals surface area contributed by atoms with Crippen LogP contribution in [0.15, 0.2) is 16.7 Å². The molecular weight excluding hydrogens is 310 g/mol. The fourth-order valence-corrected chi connectivity index (χ4v) is 2.34. The molecule has 0 atom stereocenters. The first kappa shape index (κ1) is 15.9. The Labute approximate surface area is 122 Å². The summed E-state index contributed by atoms with van der Waals surface area (Å²) in [5.41, 5.74) is 0.0576. The van der Waals surface area contributed by atoms with Crippen LogP contribution >= 0.6 is 15.9 Å². The average molecular weight is 330 g/mol. The van der Waals surface area contributed by atoms with Crippen LogP contribution in [0.5, 0.6) is 0 Å². The van der Waals surface area contributed by atoms with E-state index in [0.29, 0.717) is 22.8 Å². The lowest BCUT2D eigenvalue weighted by Gasteiger charge is -2.26. The van der Waals surface area contributed by atoms with E-state index in [1.807, 2.05) is 11.8 Å². The molecule has 0 N–H and O–H groups in total. The quantitative estimate of drug-likeness (QED) is 0.560. The van der Waals surface area contributed by atoms with Crippen LogP contribution in [0.25, 0.3) is 0 Å². The topological polar surface area (TPSA) is 59.3 Å². The lowest BCUT2D eigenvalue weighted by molar-refractivity contribution is -0.384. The largest absolute Gasteiger partial charge is 0.351 e. The summed E-state index contributed by atoms with van der Waals surface area (Å²) in [4.78, 5) is 17.0. The second-order valence-corrected chi connectivity index (χ2v) is 5.39. The molecule has 1 aromatic heterocycles. The number of rotatable bonds is 7. The molecule has 0 aromatic carbocycles. The summed E-state index contributed by atoms with van der Waals surface area (Å²) in [6, 6.07) is 1.51. The van der Waals surface area contributed by atoms with Crippen LogP contribution in [-0.2, 0) is 0 Å². The van der Waals surface area contributed by atoms with Crippen molar-refractivity contribution in [1.82, 2.24) is 4.98 Å². The van der Waals surface area contributed by atoms with Crippen LogP contribution in [0, 0.1) is 16.0 Å². The van der Waals surface area contributed by atoms with E-state index < -0.39 is 0 Å². The molecule has 0 aliphatic rings. The van der Waals surface area contributed by atoms with Gasteiger partial charge in [0.25, 0.3) is 0 Å². The van der Waals surface area contributed by atoms with Gasteiger partial charge >= 0.3 is 5.69 Å². The first-order valence-electron chi connectivity index (χ1n) is 6.58. The van der Waals surface area contributed by atoms with E-state index in [0.717, 1.165) is 19.4 Å². The second kappa shape index (κ2) is 7.43. The van der Waals surface area contributed by atoms with Gasteiger partial charge in [0.15, 0.2) is 0 Å². The molecule has 0 amide bonds. The fourth-order valence-electron chi connectivity index (χ4n) is 2.02. The van der Waals surface area contributed by atoms with E-state index in [4.69, 9.17) is 0 Å². The molecule has 0 unspecified atom stereocenters. The van der Waals surface area contributed by atoms with Gasteiger partial charge in [-0.1, -0.05) is 26.7 Å². The van der Waals surface area contributed by atoms with Crippen molar-refractivity contribution in [2.75, 3.05) is 18.0 Å². The Hall–Kier alpha value is -1.17. The smallest absolute Gasteiger partial charge is 0.312 e. The molecule has 0 spiro atoms. The molecule has 1 aromatic rings. The molecular formula is C13H20BrN3O2. The Morgan fingerprint density at radius 3 is 2.53 bits per heavy atom. The Morgan fingerprint density at radius 1 is 1.42 bits per heavy atom. The zero-order valence-electron chi connectivity index (χ0n) is 11.6. The van der Waals surface area contributed by atoms with Crippen molar-refractivity contribution in [3.8, 4) is 0 Å². The van der Waals surface area contributed by atoms with Crippen molar-refractivity contribution >= 4 is 27.4 Å². The minimum atomic E-state index is -0.372. The number of anilines is 1. The van der Waals surface area contributed by atoms with E-state index in [1.165, 1.54) is 6.07 Å². The van der Waals surface area contributed by atoms with Crippen molar-refractivity contribution in [3.05, 3.63) is 26.9 Å². The molecule has 0 aliphatic carbocycles. The van der Waals surface area contributed by atoms with Crippen LogP contribution in [0.3, 0.4) is 0 Å². The van der Waals surface area contributed by atoms with Crippen LogP contribution in [-0.4, -0.2) is 23.0 Å². The summed E-state index contributed by atoms with van der Waals surface area (Å²) in [7, 11) is 0. The van der Waals surface area contributed by atoms with Crippen molar-refractivity contribution < 1.29 is 4.92 Å². The Balaban J connectivity index is 3.07. The summed E-state index contributed by atoms with van der Waals surface area (Å²) >= 11 is 3.23. The van der Waals surface area contributed by atoms with E-state index in [1.54, 1.807) is 6.20 Å². The van der Waals surface area contributed by atoms with Crippen molar-refractivity contribution in [1.29, 1.82) is 0 Å². The molecule has 1 heterocycles. The molecule has 0 aliphatic heterocycles. The fraction of sp³-hybridized carbons (Fsp3) is 0.615. The van der Waals surface area contributed by atoms with Gasteiger partial charge < -0.3 is 4.90 Å². The zero-order valence-corrected chi connectivity index (χ0v) is 13.2. The summed E-state index contributed by atoms with van der Waals surface area (Å²) in [6.45, 7) is 7.80. The van der Waals surface area contributed by atoms with Crippen molar-refractivity contribution in [2.45, 2.75) is 33.6 Å². The van der Waals surface area contributed by atoms with E-state index >= 15 is 0 Å². The van der Waals surface area contributed by atoms with Crippen molar-refractivity contribution in [2.24, 2.45) is 5.92 Å². The highest BCUT2D eigenvalue weighted by Gasteiger charge is 2.22. The van der Waals surface area contributed by atoms with Gasteiger partial charge in [-0.25, -0.2) is 4.98 Å². The van der Waals surface area contributed by atoms with Gasteiger partial charge in [0.05, 0.1) is 4.92 Å². The van der Waals surface area contributed by atoms with Crippen LogP contribution in [0.2, 0.25) is 0 Å². The normalized spacial score (nSPS) is 10.8. The SMILES string of the molecule is CCC(CC)CN(CC)c1ncc(Br)cc1[N+](=O)[O-]. The van der Waals surface area contributed by atoms with Gasteiger partial charge in [0.2, 0.25) is 5.82 Å². The molecule has 0 saturated heterocycles. The first-order chi connectivity index (χ1) is 9.03. The molecule has 5 nitrogen and oxygen atoms in total. The van der Waals surface area contributed by atoms with Crippen LogP contribution in [0.1, 0.15) is 33.6 Å². The van der Waals surface area contributed by atoms with Gasteiger partial charge in [-0.15, -0.1) is 0 Å². The number of nitrogens with zero attached hydrogens (tertiary/aromatic N) is 3. The second-order valence-electron chi connectivity index (χ2n) is 4.47. The minimum absolute atomic E-state index is 0.0576. The maximum atomic E-state index is 11.1. The average Bonchev–Trinajstić information content (AvgIpc) is 2.40. The predicted octanol–water partition coefficient (Wildman–Crippen LogP) is 4.01. The maximum absolute atomic E-state index is 11.1. The summed E-state index contributed by atoms with van der Waals surface area (Å²) in [5, 5.41) is 11.1. The van der Waals surface area contributed by atoms with Gasteiger partial charge in [-0.3, -0.25) is 10.1 Å².